The molecule has 0 aliphatic carbocycles. The Hall–Kier alpha value is -5.90. The largest absolute Gasteiger partial charge is 0.317 e. The zero-order valence-corrected chi connectivity index (χ0v) is 26.4. The third-order valence-electron chi connectivity index (χ3n) is 9.06. The summed E-state index contributed by atoms with van der Waals surface area (Å²) in [5.74, 6) is 0. The molecule has 47 heavy (non-hydrogen) atoms. The van der Waals surface area contributed by atoms with Crippen LogP contribution in [0.4, 0.5) is 17.1 Å². The van der Waals surface area contributed by atoms with E-state index in [-0.39, 0.29) is 0 Å². The zero-order chi connectivity index (χ0) is 31.2. The van der Waals surface area contributed by atoms with Crippen LogP contribution in [0.1, 0.15) is 0 Å². The number of benzene rings is 7. The molecule has 0 amide bonds. The molecule has 0 N–H and O–H groups in total. The number of hydrogen-bond acceptors (Lipinski definition) is 2. The van der Waals surface area contributed by atoms with E-state index in [9.17, 15) is 0 Å². The van der Waals surface area contributed by atoms with Gasteiger partial charge in [-0.05, 0) is 88.3 Å². The van der Waals surface area contributed by atoms with E-state index in [0.717, 1.165) is 17.1 Å². The average Bonchev–Trinajstić information content (AvgIpc) is 3.75. The van der Waals surface area contributed by atoms with E-state index in [1.165, 1.54) is 59.0 Å². The number of hydrogen-bond donors (Lipinski definition) is 0. The first-order valence-electron chi connectivity index (χ1n) is 15.9. The molecule has 7 aromatic carbocycles. The molecule has 3 heteroatoms. The minimum Gasteiger partial charge on any atom is -0.317 e. The summed E-state index contributed by atoms with van der Waals surface area (Å²) < 4.78 is 4.84. The lowest BCUT2D eigenvalue weighted by atomic mass is 10.0. The summed E-state index contributed by atoms with van der Waals surface area (Å²) in [4.78, 5) is 2.40. The van der Waals surface area contributed by atoms with Crippen molar-refractivity contribution in [1.82, 2.24) is 4.57 Å². The number of fused-ring (bicyclic) bond motifs is 4. The Kier molecular flexibility index (Phi) is 6.69. The Morgan fingerprint density at radius 1 is 0.426 bits per heavy atom. The average molecular weight is 619 g/mol. The molecular weight excluding hydrogens is 589 g/mol. The molecule has 9 rings (SSSR count). The number of thiophene rings is 1. The summed E-state index contributed by atoms with van der Waals surface area (Å²) in [6.45, 7) is 0. The molecule has 2 heterocycles. The summed E-state index contributed by atoms with van der Waals surface area (Å²) in [6, 6.07) is 63.4. The molecule has 0 bridgehead atoms. The Balaban J connectivity index is 1.11. The van der Waals surface area contributed by atoms with Crippen LogP contribution in [-0.4, -0.2) is 4.57 Å². The van der Waals surface area contributed by atoms with E-state index in [0.29, 0.717) is 0 Å². The fraction of sp³-hybridized carbons (Fsp3) is 0. The molecule has 0 fully saturated rings. The topological polar surface area (TPSA) is 8.17 Å². The van der Waals surface area contributed by atoms with Crippen molar-refractivity contribution < 1.29 is 0 Å². The first kappa shape index (κ1) is 27.4. The van der Waals surface area contributed by atoms with Gasteiger partial charge in [0.2, 0.25) is 0 Å². The lowest BCUT2D eigenvalue weighted by Gasteiger charge is -2.26. The fourth-order valence-electron chi connectivity index (χ4n) is 6.69. The van der Waals surface area contributed by atoms with Crippen molar-refractivity contribution in [3.8, 4) is 27.9 Å². The first-order chi connectivity index (χ1) is 23.3. The summed E-state index contributed by atoms with van der Waals surface area (Å²) in [7, 11) is 0. The quantitative estimate of drug-likeness (QED) is 0.180. The highest BCUT2D eigenvalue weighted by Gasteiger charge is 2.18. The van der Waals surface area contributed by atoms with Crippen molar-refractivity contribution in [3.05, 3.63) is 182 Å². The normalized spacial score (nSPS) is 11.4. The fourth-order valence-corrected chi connectivity index (χ4v) is 7.90. The molecule has 222 valence electrons. The second-order valence-corrected chi connectivity index (χ2v) is 12.9. The van der Waals surface area contributed by atoms with Gasteiger partial charge < -0.3 is 9.47 Å². The summed E-state index contributed by atoms with van der Waals surface area (Å²) in [5.41, 5.74) is 10.6. The number of nitrogens with zero attached hydrogens (tertiary/aromatic N) is 2. The zero-order valence-electron chi connectivity index (χ0n) is 25.6. The maximum atomic E-state index is 2.40. The van der Waals surface area contributed by atoms with Gasteiger partial charge in [0.05, 0.1) is 15.9 Å². The van der Waals surface area contributed by atoms with E-state index in [2.05, 4.69) is 192 Å². The third kappa shape index (κ3) is 4.89. The van der Waals surface area contributed by atoms with Gasteiger partial charge in [-0.1, -0.05) is 115 Å². The molecule has 0 unspecified atom stereocenters. The van der Waals surface area contributed by atoms with E-state index >= 15 is 0 Å². The van der Waals surface area contributed by atoms with Crippen LogP contribution in [-0.2, 0) is 0 Å². The van der Waals surface area contributed by atoms with E-state index in [4.69, 9.17) is 0 Å². The van der Waals surface area contributed by atoms with Gasteiger partial charge >= 0.3 is 0 Å². The lowest BCUT2D eigenvalue weighted by molar-refractivity contribution is 1.13. The number of anilines is 3. The van der Waals surface area contributed by atoms with Gasteiger partial charge in [-0.25, -0.2) is 0 Å². The predicted molar refractivity (Wildman–Crippen MR) is 202 cm³/mol. The van der Waals surface area contributed by atoms with E-state index < -0.39 is 0 Å². The van der Waals surface area contributed by atoms with Gasteiger partial charge in [0.15, 0.2) is 0 Å². The Labute approximate surface area is 278 Å². The highest BCUT2D eigenvalue weighted by atomic mass is 32.1. The summed E-state index contributed by atoms with van der Waals surface area (Å²) in [6.07, 6.45) is 2.15. The molecule has 2 aromatic heterocycles. The monoisotopic (exact) mass is 618 g/mol. The number of rotatable bonds is 6. The standard InChI is InChI=1S/C44H30N2S/c1-2-9-31(10-3-1)32-19-25-37(26-20-32)46(42-15-8-13-40-39-12-5-7-16-43(39)47-44(40)42)38-27-21-34(22-28-38)33-17-23-36(24-18-33)45-30-29-35-11-4-6-14-41(35)45/h1-30H. The molecule has 9 aromatic rings. The predicted octanol–water partition coefficient (Wildman–Crippen LogP) is 12.8. The third-order valence-corrected chi connectivity index (χ3v) is 10.3. The second kappa shape index (κ2) is 11.5. The molecule has 0 aliphatic rings. The van der Waals surface area contributed by atoms with Crippen molar-refractivity contribution in [2.45, 2.75) is 0 Å². The minimum atomic E-state index is 1.13. The molecule has 2 nitrogen and oxygen atoms in total. The van der Waals surface area contributed by atoms with E-state index in [1.54, 1.807) is 0 Å². The molecule has 0 atom stereocenters. The Morgan fingerprint density at radius 3 is 1.72 bits per heavy atom. The Morgan fingerprint density at radius 2 is 1.00 bits per heavy atom. The number of para-hydroxylation sites is 1. The maximum Gasteiger partial charge on any atom is 0.0640 e. The van der Waals surface area contributed by atoms with Gasteiger partial charge in [-0.15, -0.1) is 11.3 Å². The van der Waals surface area contributed by atoms with Crippen LogP contribution in [0.25, 0.3) is 59.0 Å². The van der Waals surface area contributed by atoms with Crippen LogP contribution >= 0.6 is 11.3 Å². The van der Waals surface area contributed by atoms with Crippen LogP contribution in [0.3, 0.4) is 0 Å². The molecule has 0 spiro atoms. The molecule has 0 saturated heterocycles. The van der Waals surface area contributed by atoms with Crippen molar-refractivity contribution in [2.24, 2.45) is 0 Å². The summed E-state index contributed by atoms with van der Waals surface area (Å²) in [5, 5.41) is 3.85. The summed E-state index contributed by atoms with van der Waals surface area (Å²) >= 11 is 1.86. The van der Waals surface area contributed by atoms with Crippen LogP contribution in [0.15, 0.2) is 182 Å². The van der Waals surface area contributed by atoms with E-state index in [1.807, 2.05) is 11.3 Å². The molecule has 0 saturated carbocycles. The molecule has 0 aliphatic heterocycles. The first-order valence-corrected chi connectivity index (χ1v) is 16.7. The van der Waals surface area contributed by atoms with Crippen LogP contribution in [0.2, 0.25) is 0 Å². The lowest BCUT2D eigenvalue weighted by Crippen LogP contribution is -2.10. The van der Waals surface area contributed by atoms with Gasteiger partial charge in [0.25, 0.3) is 0 Å². The van der Waals surface area contributed by atoms with Gasteiger partial charge in [0, 0.05) is 38.7 Å². The maximum absolute atomic E-state index is 2.40. The van der Waals surface area contributed by atoms with Gasteiger partial charge in [-0.3, -0.25) is 0 Å². The smallest absolute Gasteiger partial charge is 0.0640 e. The highest BCUT2D eigenvalue weighted by molar-refractivity contribution is 7.26. The van der Waals surface area contributed by atoms with Crippen molar-refractivity contribution in [2.75, 3.05) is 4.90 Å². The minimum absolute atomic E-state index is 1.13. The number of aromatic nitrogens is 1. The van der Waals surface area contributed by atoms with Crippen LogP contribution < -0.4 is 4.90 Å². The second-order valence-electron chi connectivity index (χ2n) is 11.8. The van der Waals surface area contributed by atoms with Crippen LogP contribution in [0.5, 0.6) is 0 Å². The van der Waals surface area contributed by atoms with Gasteiger partial charge in [-0.2, -0.15) is 0 Å². The highest BCUT2D eigenvalue weighted by Crippen LogP contribution is 2.45. The van der Waals surface area contributed by atoms with Crippen molar-refractivity contribution >= 4 is 59.5 Å². The molecule has 0 radical (unpaired) electrons. The van der Waals surface area contributed by atoms with Crippen molar-refractivity contribution in [3.63, 3.8) is 0 Å². The van der Waals surface area contributed by atoms with Crippen LogP contribution in [0, 0.1) is 0 Å². The Bertz CT molecular complexity index is 2490. The van der Waals surface area contributed by atoms with Crippen molar-refractivity contribution in [1.29, 1.82) is 0 Å². The SMILES string of the molecule is c1ccc(-c2ccc(N(c3ccc(-c4ccc(-n5ccc6ccccc65)cc4)cc3)c3cccc4c3sc3ccccc34)cc2)cc1. The van der Waals surface area contributed by atoms with Gasteiger partial charge in [0.1, 0.15) is 0 Å². The molecular formula is C44H30N2S.